The molecule has 0 saturated carbocycles. The number of carbonyl (C=O) groups is 1. The van der Waals surface area contributed by atoms with Gasteiger partial charge in [0.25, 0.3) is 5.91 Å². The van der Waals surface area contributed by atoms with Crippen LogP contribution in [0.2, 0.25) is 0 Å². The van der Waals surface area contributed by atoms with E-state index in [0.29, 0.717) is 11.1 Å². The smallest absolute Gasteiger partial charge is 0.259 e. The number of phenolic OH excluding ortho intramolecular Hbond substituents is 2. The predicted molar refractivity (Wildman–Crippen MR) is 84.2 cm³/mol. The summed E-state index contributed by atoms with van der Waals surface area (Å²) in [4.78, 5) is 14.3. The second-order valence-electron chi connectivity index (χ2n) is 5.39. The summed E-state index contributed by atoms with van der Waals surface area (Å²) in [7, 11) is 0. The summed E-state index contributed by atoms with van der Waals surface area (Å²) in [5, 5.41) is 21.3. The van der Waals surface area contributed by atoms with Gasteiger partial charge in [-0.1, -0.05) is 24.3 Å². The van der Waals surface area contributed by atoms with Crippen molar-refractivity contribution in [3.63, 3.8) is 0 Å². The number of nitrogens with zero attached hydrogens (tertiary/aromatic N) is 1. The quantitative estimate of drug-likeness (QED) is 0.760. The first kappa shape index (κ1) is 12.7. The van der Waals surface area contributed by atoms with E-state index in [4.69, 9.17) is 0 Å². The summed E-state index contributed by atoms with van der Waals surface area (Å²) >= 11 is 0. The van der Waals surface area contributed by atoms with Crippen LogP contribution < -0.4 is 4.90 Å². The van der Waals surface area contributed by atoms with E-state index in [2.05, 4.69) is 0 Å². The minimum atomic E-state index is -0.0701. The van der Waals surface area contributed by atoms with E-state index in [1.807, 2.05) is 36.4 Å². The molecule has 1 aliphatic heterocycles. The fourth-order valence-corrected chi connectivity index (χ4v) is 2.99. The molecule has 4 nitrogen and oxygen atoms in total. The van der Waals surface area contributed by atoms with Gasteiger partial charge in [-0.15, -0.1) is 0 Å². The van der Waals surface area contributed by atoms with Gasteiger partial charge in [-0.05, 0) is 29.7 Å². The number of hydrogen-bond donors (Lipinski definition) is 2. The zero-order valence-electron chi connectivity index (χ0n) is 11.7. The van der Waals surface area contributed by atoms with Gasteiger partial charge in [0.1, 0.15) is 11.5 Å². The lowest BCUT2D eigenvalue weighted by Crippen LogP contribution is -2.26. The van der Waals surface area contributed by atoms with Crippen molar-refractivity contribution >= 4 is 22.4 Å². The van der Waals surface area contributed by atoms with Crippen LogP contribution in [0.5, 0.6) is 11.5 Å². The Balaban J connectivity index is 1.82. The monoisotopic (exact) mass is 291 g/mol. The van der Waals surface area contributed by atoms with Crippen molar-refractivity contribution in [2.24, 2.45) is 0 Å². The molecule has 1 amide bonds. The van der Waals surface area contributed by atoms with E-state index in [9.17, 15) is 15.0 Å². The number of benzene rings is 3. The fourth-order valence-electron chi connectivity index (χ4n) is 2.99. The lowest BCUT2D eigenvalue weighted by molar-refractivity contribution is 0.0991. The predicted octanol–water partition coefficient (Wildman–Crippen LogP) is 3.41. The topological polar surface area (TPSA) is 60.8 Å². The van der Waals surface area contributed by atoms with Gasteiger partial charge in [0.15, 0.2) is 0 Å². The third-order valence-electron chi connectivity index (χ3n) is 4.05. The van der Waals surface area contributed by atoms with Crippen LogP contribution in [-0.4, -0.2) is 16.1 Å². The summed E-state index contributed by atoms with van der Waals surface area (Å²) in [6.45, 7) is 0.263. The maximum Gasteiger partial charge on any atom is 0.259 e. The zero-order chi connectivity index (χ0) is 15.3. The Morgan fingerprint density at radius 1 is 0.955 bits per heavy atom. The van der Waals surface area contributed by atoms with Gasteiger partial charge < -0.3 is 15.1 Å². The number of carbonyl (C=O) groups excluding carboxylic acids is 1. The summed E-state index contributed by atoms with van der Waals surface area (Å²) in [6.07, 6.45) is 0. The number of aromatic hydroxyl groups is 2. The molecule has 1 heterocycles. The van der Waals surface area contributed by atoms with Crippen molar-refractivity contribution in [2.75, 3.05) is 4.90 Å². The highest BCUT2D eigenvalue weighted by Crippen LogP contribution is 2.38. The first-order valence-corrected chi connectivity index (χ1v) is 6.99. The van der Waals surface area contributed by atoms with Crippen LogP contribution >= 0.6 is 0 Å². The molecule has 0 bridgehead atoms. The first-order valence-electron chi connectivity index (χ1n) is 6.99. The molecular weight excluding hydrogens is 278 g/mol. The molecule has 4 heteroatoms. The Morgan fingerprint density at radius 3 is 2.50 bits per heavy atom. The minimum Gasteiger partial charge on any atom is -0.508 e. The van der Waals surface area contributed by atoms with Crippen molar-refractivity contribution in [2.45, 2.75) is 6.54 Å². The van der Waals surface area contributed by atoms with Crippen molar-refractivity contribution in [1.82, 2.24) is 0 Å². The van der Waals surface area contributed by atoms with Crippen molar-refractivity contribution in [1.29, 1.82) is 0 Å². The van der Waals surface area contributed by atoms with E-state index in [-0.39, 0.29) is 24.0 Å². The van der Waals surface area contributed by atoms with Crippen LogP contribution in [0.3, 0.4) is 0 Å². The number of phenols is 2. The Kier molecular flexibility index (Phi) is 2.60. The molecule has 1 aliphatic rings. The Labute approximate surface area is 126 Å². The number of amides is 1. The first-order chi connectivity index (χ1) is 10.6. The molecular formula is C18H13NO3. The molecule has 0 fully saturated rings. The SMILES string of the molecule is O=C1c2cccc3cccc(c23)N1Cc1ccc(O)cc1O. The lowest BCUT2D eigenvalue weighted by Gasteiger charge is -2.18. The third-order valence-corrected chi connectivity index (χ3v) is 4.05. The molecule has 0 atom stereocenters. The van der Waals surface area contributed by atoms with Crippen LogP contribution in [0.1, 0.15) is 15.9 Å². The third kappa shape index (κ3) is 1.74. The second kappa shape index (κ2) is 4.49. The van der Waals surface area contributed by atoms with Crippen LogP contribution in [-0.2, 0) is 6.54 Å². The maximum atomic E-state index is 12.7. The van der Waals surface area contributed by atoms with Crippen LogP contribution in [0.25, 0.3) is 10.8 Å². The molecule has 4 rings (SSSR count). The van der Waals surface area contributed by atoms with Gasteiger partial charge >= 0.3 is 0 Å². The highest BCUT2D eigenvalue weighted by molar-refractivity contribution is 6.24. The van der Waals surface area contributed by atoms with Crippen LogP contribution in [0.4, 0.5) is 5.69 Å². The maximum absolute atomic E-state index is 12.7. The second-order valence-corrected chi connectivity index (χ2v) is 5.39. The lowest BCUT2D eigenvalue weighted by atomic mass is 10.1. The molecule has 2 N–H and O–H groups in total. The van der Waals surface area contributed by atoms with Gasteiger partial charge in [0.05, 0.1) is 12.2 Å². The zero-order valence-corrected chi connectivity index (χ0v) is 11.7. The van der Waals surface area contributed by atoms with Crippen LogP contribution in [0.15, 0.2) is 54.6 Å². The minimum absolute atomic E-state index is 0.000568. The number of anilines is 1. The molecule has 0 radical (unpaired) electrons. The standard InChI is InChI=1S/C18H13NO3/c20-13-8-7-12(16(21)9-13)10-19-15-6-2-4-11-3-1-5-14(17(11)15)18(19)22/h1-9,20-21H,10H2. The average Bonchev–Trinajstić information content (AvgIpc) is 2.78. The highest BCUT2D eigenvalue weighted by atomic mass is 16.3. The molecule has 108 valence electrons. The number of hydrogen-bond acceptors (Lipinski definition) is 3. The van der Waals surface area contributed by atoms with E-state index < -0.39 is 0 Å². The van der Waals surface area contributed by atoms with Gasteiger partial charge in [0, 0.05) is 22.6 Å². The van der Waals surface area contributed by atoms with Crippen LogP contribution in [0, 0.1) is 0 Å². The van der Waals surface area contributed by atoms with E-state index >= 15 is 0 Å². The van der Waals surface area contributed by atoms with E-state index in [0.717, 1.165) is 16.5 Å². The molecule has 0 spiro atoms. The number of rotatable bonds is 2. The Bertz CT molecular complexity index is 912. The summed E-state index contributed by atoms with van der Waals surface area (Å²) in [6, 6.07) is 15.9. The average molecular weight is 291 g/mol. The summed E-state index contributed by atoms with van der Waals surface area (Å²) < 4.78 is 0. The van der Waals surface area contributed by atoms with Gasteiger partial charge in [-0.25, -0.2) is 0 Å². The summed E-state index contributed by atoms with van der Waals surface area (Å²) in [5.74, 6) is -0.0883. The molecule has 0 aromatic heterocycles. The van der Waals surface area contributed by atoms with Crippen molar-refractivity contribution < 1.29 is 15.0 Å². The fraction of sp³-hybridized carbons (Fsp3) is 0.0556. The molecule has 0 unspecified atom stereocenters. The Morgan fingerprint density at radius 2 is 1.73 bits per heavy atom. The van der Waals surface area contributed by atoms with Gasteiger partial charge in [0.2, 0.25) is 0 Å². The summed E-state index contributed by atoms with van der Waals surface area (Å²) in [5.41, 5.74) is 2.13. The largest absolute Gasteiger partial charge is 0.508 e. The van der Waals surface area contributed by atoms with Crippen molar-refractivity contribution in [3.05, 3.63) is 65.7 Å². The molecule has 22 heavy (non-hydrogen) atoms. The highest BCUT2D eigenvalue weighted by Gasteiger charge is 2.29. The molecule has 3 aromatic carbocycles. The van der Waals surface area contributed by atoms with Gasteiger partial charge in [-0.3, -0.25) is 4.79 Å². The van der Waals surface area contributed by atoms with Gasteiger partial charge in [-0.2, -0.15) is 0 Å². The molecule has 0 saturated heterocycles. The Hall–Kier alpha value is -3.01. The normalized spacial score (nSPS) is 13.1. The van der Waals surface area contributed by atoms with Crippen molar-refractivity contribution in [3.8, 4) is 11.5 Å². The molecule has 0 aliphatic carbocycles. The van der Waals surface area contributed by atoms with E-state index in [1.54, 1.807) is 11.0 Å². The molecule has 3 aromatic rings. The van der Waals surface area contributed by atoms with E-state index in [1.165, 1.54) is 12.1 Å².